The molecule has 2 aromatic heterocycles. The van der Waals surface area contributed by atoms with Gasteiger partial charge in [-0.15, -0.1) is 0 Å². The van der Waals surface area contributed by atoms with Gasteiger partial charge in [0.15, 0.2) is 0 Å². The fraction of sp³-hybridized carbons (Fsp3) is 0.286. The second-order valence-corrected chi connectivity index (χ2v) is 4.14. The fourth-order valence-corrected chi connectivity index (χ4v) is 1.78. The Bertz CT molecular complexity index is 615. The third-order valence-corrected chi connectivity index (χ3v) is 2.82. The smallest absolute Gasteiger partial charge is 0.235 e. The Kier molecular flexibility index (Phi) is 4.45. The highest BCUT2D eigenvalue weighted by Gasteiger charge is 2.16. The van der Waals surface area contributed by atoms with Gasteiger partial charge in [-0.2, -0.15) is 9.98 Å². The van der Waals surface area contributed by atoms with Crippen LogP contribution in [0, 0.1) is 0 Å². The van der Waals surface area contributed by atoms with Crippen molar-refractivity contribution in [2.75, 3.05) is 0 Å². The molecule has 0 bridgehead atoms. The summed E-state index contributed by atoms with van der Waals surface area (Å²) in [6.07, 6.45) is 2.93. The Hall–Kier alpha value is -2.68. The molecule has 0 N–H and O–H groups in total. The maximum absolute atomic E-state index is 10.0. The molecule has 0 saturated heterocycles. The van der Waals surface area contributed by atoms with Gasteiger partial charge in [0.2, 0.25) is 12.2 Å². The van der Waals surface area contributed by atoms with Gasteiger partial charge in [0, 0.05) is 0 Å². The molecule has 0 unspecified atom stereocenters. The van der Waals surface area contributed by atoms with E-state index in [0.29, 0.717) is 23.0 Å². The Morgan fingerprint density at radius 3 is 1.80 bits per heavy atom. The summed E-state index contributed by atoms with van der Waals surface area (Å²) < 4.78 is 11.1. The number of rotatable bonds is 6. The van der Waals surface area contributed by atoms with Crippen molar-refractivity contribution in [3.63, 3.8) is 0 Å². The van der Waals surface area contributed by atoms with Crippen molar-refractivity contribution in [3.8, 4) is 0 Å². The van der Waals surface area contributed by atoms with E-state index < -0.39 is 0 Å². The van der Waals surface area contributed by atoms with E-state index in [1.54, 1.807) is 12.1 Å². The molecule has 0 aliphatic rings. The average Bonchev–Trinajstić information content (AvgIpc) is 3.11. The molecule has 0 amide bonds. The summed E-state index contributed by atoms with van der Waals surface area (Å²) in [5.74, 6) is 2.51. The lowest BCUT2D eigenvalue weighted by Crippen LogP contribution is -1.91. The molecular weight excluding hydrogens is 260 g/mol. The summed E-state index contributed by atoms with van der Waals surface area (Å²) in [5.41, 5.74) is 0. The molecule has 0 spiro atoms. The van der Waals surface area contributed by atoms with Crippen LogP contribution in [0.2, 0.25) is 0 Å². The van der Waals surface area contributed by atoms with E-state index in [-0.39, 0.29) is 19.0 Å². The lowest BCUT2D eigenvalue weighted by atomic mass is 10.1. The number of hydrogen-bond donors (Lipinski definition) is 0. The summed E-state index contributed by atoms with van der Waals surface area (Å²) in [5, 5.41) is 0. The highest BCUT2D eigenvalue weighted by atomic mass is 16.4. The molecule has 2 aromatic rings. The minimum absolute atomic E-state index is 0.0853. The van der Waals surface area contributed by atoms with E-state index in [0.717, 1.165) is 0 Å². The van der Waals surface area contributed by atoms with Gasteiger partial charge in [-0.05, 0) is 31.2 Å². The van der Waals surface area contributed by atoms with Gasteiger partial charge in [0.1, 0.15) is 36.1 Å². The van der Waals surface area contributed by atoms with Gasteiger partial charge in [-0.25, -0.2) is 9.59 Å². The molecule has 6 nitrogen and oxygen atoms in total. The number of hydrogen-bond acceptors (Lipinski definition) is 6. The highest BCUT2D eigenvalue weighted by molar-refractivity contribution is 5.33. The number of nitrogens with zero attached hydrogens (tertiary/aromatic N) is 2. The maximum atomic E-state index is 10.0. The first kappa shape index (κ1) is 13.7. The van der Waals surface area contributed by atoms with E-state index in [4.69, 9.17) is 8.83 Å². The molecule has 0 fully saturated rings. The first-order chi connectivity index (χ1) is 9.74. The first-order valence-electron chi connectivity index (χ1n) is 5.99. The van der Waals surface area contributed by atoms with Crippen LogP contribution in [0.5, 0.6) is 0 Å². The predicted octanol–water partition coefficient (Wildman–Crippen LogP) is 2.70. The van der Waals surface area contributed by atoms with E-state index in [9.17, 15) is 9.59 Å². The van der Waals surface area contributed by atoms with E-state index >= 15 is 0 Å². The minimum Gasteiger partial charge on any atom is -0.463 e. The van der Waals surface area contributed by atoms with E-state index in [1.165, 1.54) is 12.2 Å². The Morgan fingerprint density at radius 1 is 0.950 bits per heavy atom. The quantitative estimate of drug-likeness (QED) is 0.597. The van der Waals surface area contributed by atoms with Crippen LogP contribution in [0.3, 0.4) is 0 Å². The number of furan rings is 2. The predicted molar refractivity (Wildman–Crippen MR) is 68.6 cm³/mol. The van der Waals surface area contributed by atoms with Crippen molar-refractivity contribution in [2.45, 2.75) is 25.9 Å². The van der Waals surface area contributed by atoms with Crippen LogP contribution >= 0.6 is 0 Å². The van der Waals surface area contributed by atoms with Crippen LogP contribution in [0.15, 0.2) is 43.1 Å². The lowest BCUT2D eigenvalue weighted by molar-refractivity contribution is 0.406. The van der Waals surface area contributed by atoms with Gasteiger partial charge < -0.3 is 8.83 Å². The molecule has 6 heteroatoms. The Labute approximate surface area is 114 Å². The van der Waals surface area contributed by atoms with Gasteiger partial charge in [0.05, 0.1) is 5.92 Å². The second-order valence-electron chi connectivity index (χ2n) is 4.14. The normalized spacial score (nSPS) is 11.4. The van der Waals surface area contributed by atoms with E-state index in [1.807, 2.05) is 19.1 Å². The number of aliphatic imine (C=N–C) groups is 2. The zero-order valence-electron chi connectivity index (χ0n) is 10.8. The molecule has 0 aliphatic carbocycles. The molecule has 20 heavy (non-hydrogen) atoms. The Morgan fingerprint density at radius 2 is 1.40 bits per heavy atom. The van der Waals surface area contributed by atoms with Crippen molar-refractivity contribution in [2.24, 2.45) is 9.98 Å². The van der Waals surface area contributed by atoms with Crippen molar-refractivity contribution in [3.05, 3.63) is 47.3 Å². The van der Waals surface area contributed by atoms with Crippen LogP contribution in [0.25, 0.3) is 0 Å². The third kappa shape index (κ3) is 3.20. The summed E-state index contributed by atoms with van der Waals surface area (Å²) in [6.45, 7) is 2.28. The second kappa shape index (κ2) is 6.48. The first-order valence-corrected chi connectivity index (χ1v) is 5.99. The van der Waals surface area contributed by atoms with Gasteiger partial charge >= 0.3 is 0 Å². The van der Waals surface area contributed by atoms with Crippen LogP contribution in [0.4, 0.5) is 0 Å². The Balaban J connectivity index is 2.11. The standard InChI is InChI=1S/C14H12N2O4/c1-10(13-4-2-11(19-13)6-15-8-17)14-5-3-12(20-14)7-16-9-18/h2-5,10H,6-7H2,1H3. The molecule has 0 saturated carbocycles. The molecule has 2 heterocycles. The van der Waals surface area contributed by atoms with Gasteiger partial charge in [-0.3, -0.25) is 0 Å². The van der Waals surface area contributed by atoms with Crippen molar-refractivity contribution < 1.29 is 18.4 Å². The van der Waals surface area contributed by atoms with Crippen molar-refractivity contribution in [1.82, 2.24) is 0 Å². The van der Waals surface area contributed by atoms with Gasteiger partial charge in [0.25, 0.3) is 0 Å². The van der Waals surface area contributed by atoms with Gasteiger partial charge in [-0.1, -0.05) is 0 Å². The monoisotopic (exact) mass is 272 g/mol. The lowest BCUT2D eigenvalue weighted by Gasteiger charge is -2.04. The molecule has 0 atom stereocenters. The zero-order valence-corrected chi connectivity index (χ0v) is 10.8. The molecule has 2 rings (SSSR count). The SMILES string of the molecule is CC(c1ccc(CN=C=O)o1)c1ccc(CN=C=O)o1. The van der Waals surface area contributed by atoms with Crippen LogP contribution < -0.4 is 0 Å². The van der Waals surface area contributed by atoms with Crippen LogP contribution in [-0.4, -0.2) is 12.2 Å². The van der Waals surface area contributed by atoms with Crippen molar-refractivity contribution >= 4 is 12.2 Å². The van der Waals surface area contributed by atoms with Crippen LogP contribution in [-0.2, 0) is 22.7 Å². The molecule has 0 aliphatic heterocycles. The van der Waals surface area contributed by atoms with Crippen LogP contribution in [0.1, 0.15) is 35.9 Å². The molecule has 0 aromatic carbocycles. The summed E-state index contributed by atoms with van der Waals surface area (Å²) in [7, 11) is 0. The fourth-order valence-electron chi connectivity index (χ4n) is 1.78. The highest BCUT2D eigenvalue weighted by Crippen LogP contribution is 2.27. The number of isocyanates is 2. The largest absolute Gasteiger partial charge is 0.463 e. The third-order valence-electron chi connectivity index (χ3n) is 2.82. The summed E-state index contributed by atoms with van der Waals surface area (Å²) >= 11 is 0. The average molecular weight is 272 g/mol. The molecule has 102 valence electrons. The molecular formula is C14H12N2O4. The molecule has 0 radical (unpaired) electrons. The van der Waals surface area contributed by atoms with E-state index in [2.05, 4.69) is 9.98 Å². The minimum atomic E-state index is -0.0853. The maximum Gasteiger partial charge on any atom is 0.235 e. The van der Waals surface area contributed by atoms with Crippen molar-refractivity contribution in [1.29, 1.82) is 0 Å². The topological polar surface area (TPSA) is 85.1 Å². The summed E-state index contributed by atoms with van der Waals surface area (Å²) in [6, 6.07) is 7.14. The summed E-state index contributed by atoms with van der Waals surface area (Å²) in [4.78, 5) is 27.0. The number of carbonyl (C=O) groups excluding carboxylic acids is 2. The zero-order chi connectivity index (χ0) is 14.4.